The predicted molar refractivity (Wildman–Crippen MR) is 67.1 cm³/mol. The SMILES string of the molecule is CCC[C@@H](O)c1nc2ccccc2nc1Br. The van der Waals surface area contributed by atoms with Gasteiger partial charge in [0.2, 0.25) is 0 Å². The largest absolute Gasteiger partial charge is 0.387 e. The summed E-state index contributed by atoms with van der Waals surface area (Å²) in [6.45, 7) is 2.03. The third kappa shape index (κ3) is 2.23. The molecule has 1 atom stereocenters. The van der Waals surface area contributed by atoms with E-state index in [1.54, 1.807) is 0 Å². The van der Waals surface area contributed by atoms with Crippen LogP contribution in [0.2, 0.25) is 0 Å². The first-order valence-electron chi connectivity index (χ1n) is 5.32. The Hall–Kier alpha value is -1.00. The highest BCUT2D eigenvalue weighted by atomic mass is 79.9. The zero-order valence-corrected chi connectivity index (χ0v) is 10.6. The van der Waals surface area contributed by atoms with Crippen LogP contribution in [0, 0.1) is 0 Å². The molecular formula is C12H13BrN2O. The minimum absolute atomic E-state index is 0.545. The highest BCUT2D eigenvalue weighted by Crippen LogP contribution is 2.25. The van der Waals surface area contributed by atoms with E-state index < -0.39 is 6.10 Å². The Bertz CT molecular complexity index is 501. The Morgan fingerprint density at radius 2 is 1.88 bits per heavy atom. The number of hydrogen-bond acceptors (Lipinski definition) is 3. The molecular weight excluding hydrogens is 268 g/mol. The summed E-state index contributed by atoms with van der Waals surface area (Å²) in [6.07, 6.45) is 1.07. The van der Waals surface area contributed by atoms with Crippen LogP contribution >= 0.6 is 15.9 Å². The van der Waals surface area contributed by atoms with Crippen molar-refractivity contribution in [3.63, 3.8) is 0 Å². The second kappa shape index (κ2) is 4.89. The van der Waals surface area contributed by atoms with Crippen molar-refractivity contribution in [1.82, 2.24) is 9.97 Å². The third-order valence-electron chi connectivity index (χ3n) is 2.43. The van der Waals surface area contributed by atoms with Gasteiger partial charge in [0, 0.05) is 0 Å². The average Bonchev–Trinajstić information content (AvgIpc) is 2.28. The van der Waals surface area contributed by atoms with Gasteiger partial charge >= 0.3 is 0 Å². The lowest BCUT2D eigenvalue weighted by molar-refractivity contribution is 0.161. The summed E-state index contributed by atoms with van der Waals surface area (Å²) in [5.41, 5.74) is 2.28. The molecule has 0 amide bonds. The Morgan fingerprint density at radius 1 is 1.25 bits per heavy atom. The fraction of sp³-hybridized carbons (Fsp3) is 0.333. The minimum Gasteiger partial charge on any atom is -0.387 e. The number of para-hydroxylation sites is 2. The minimum atomic E-state index is -0.545. The molecule has 0 bridgehead atoms. The van der Waals surface area contributed by atoms with Gasteiger partial charge in [-0.05, 0) is 34.5 Å². The maximum atomic E-state index is 9.93. The monoisotopic (exact) mass is 280 g/mol. The summed E-state index contributed by atoms with van der Waals surface area (Å²) in [5, 5.41) is 9.93. The van der Waals surface area contributed by atoms with Gasteiger partial charge in [-0.2, -0.15) is 0 Å². The predicted octanol–water partition coefficient (Wildman–Crippen LogP) is 3.23. The van der Waals surface area contributed by atoms with E-state index in [-0.39, 0.29) is 0 Å². The number of aromatic nitrogens is 2. The molecule has 2 rings (SSSR count). The molecule has 0 saturated heterocycles. The van der Waals surface area contributed by atoms with Crippen molar-refractivity contribution in [1.29, 1.82) is 0 Å². The first-order chi connectivity index (χ1) is 7.72. The molecule has 0 aliphatic carbocycles. The van der Waals surface area contributed by atoms with Crippen molar-refractivity contribution in [2.24, 2.45) is 0 Å². The first-order valence-corrected chi connectivity index (χ1v) is 6.12. The molecule has 0 fully saturated rings. The highest BCUT2D eigenvalue weighted by Gasteiger charge is 2.14. The second-order valence-electron chi connectivity index (χ2n) is 3.69. The molecule has 0 unspecified atom stereocenters. The van der Waals surface area contributed by atoms with Gasteiger partial charge in [0.25, 0.3) is 0 Å². The Balaban J connectivity index is 2.49. The van der Waals surface area contributed by atoms with E-state index in [0.29, 0.717) is 16.7 Å². The van der Waals surface area contributed by atoms with Crippen molar-refractivity contribution in [3.8, 4) is 0 Å². The molecule has 0 spiro atoms. The van der Waals surface area contributed by atoms with Crippen LogP contribution in [0.25, 0.3) is 11.0 Å². The maximum absolute atomic E-state index is 9.93. The van der Waals surface area contributed by atoms with Crippen molar-refractivity contribution in [2.75, 3.05) is 0 Å². The Labute approximate surface area is 103 Å². The quantitative estimate of drug-likeness (QED) is 0.939. The number of rotatable bonds is 3. The third-order valence-corrected chi connectivity index (χ3v) is 3.01. The van der Waals surface area contributed by atoms with Crippen LogP contribution in [0.5, 0.6) is 0 Å². The number of aliphatic hydroxyl groups excluding tert-OH is 1. The molecule has 16 heavy (non-hydrogen) atoms. The topological polar surface area (TPSA) is 46.0 Å². The van der Waals surface area contributed by atoms with Crippen LogP contribution < -0.4 is 0 Å². The number of nitrogens with zero attached hydrogens (tertiary/aromatic N) is 2. The molecule has 84 valence electrons. The molecule has 1 aromatic heterocycles. The van der Waals surface area contributed by atoms with Crippen molar-refractivity contribution in [3.05, 3.63) is 34.6 Å². The fourth-order valence-corrected chi connectivity index (χ4v) is 2.16. The van der Waals surface area contributed by atoms with E-state index in [0.717, 1.165) is 17.5 Å². The maximum Gasteiger partial charge on any atom is 0.131 e. The summed E-state index contributed by atoms with van der Waals surface area (Å²) in [5.74, 6) is 0. The number of halogens is 1. The molecule has 2 aromatic rings. The summed E-state index contributed by atoms with van der Waals surface area (Å²) in [4.78, 5) is 8.81. The lowest BCUT2D eigenvalue weighted by Crippen LogP contribution is -2.03. The summed E-state index contributed by atoms with van der Waals surface area (Å²) >= 11 is 3.35. The lowest BCUT2D eigenvalue weighted by Gasteiger charge is -2.10. The molecule has 3 nitrogen and oxygen atoms in total. The van der Waals surface area contributed by atoms with Gasteiger partial charge in [-0.15, -0.1) is 0 Å². The number of fused-ring (bicyclic) bond motifs is 1. The van der Waals surface area contributed by atoms with Gasteiger partial charge in [0.15, 0.2) is 0 Å². The van der Waals surface area contributed by atoms with E-state index in [2.05, 4.69) is 25.9 Å². The van der Waals surface area contributed by atoms with Crippen LogP contribution in [-0.4, -0.2) is 15.1 Å². The average molecular weight is 281 g/mol. The fourth-order valence-electron chi connectivity index (χ4n) is 1.61. The second-order valence-corrected chi connectivity index (χ2v) is 4.44. The zero-order chi connectivity index (χ0) is 11.5. The molecule has 0 saturated carbocycles. The van der Waals surface area contributed by atoms with E-state index >= 15 is 0 Å². The first kappa shape index (κ1) is 11.5. The van der Waals surface area contributed by atoms with Crippen LogP contribution in [0.3, 0.4) is 0 Å². The molecule has 1 heterocycles. The molecule has 1 aromatic carbocycles. The molecule has 0 radical (unpaired) electrons. The van der Waals surface area contributed by atoms with Gasteiger partial charge in [0.1, 0.15) is 10.3 Å². The molecule has 0 aliphatic rings. The highest BCUT2D eigenvalue weighted by molar-refractivity contribution is 9.10. The van der Waals surface area contributed by atoms with Crippen LogP contribution in [-0.2, 0) is 0 Å². The van der Waals surface area contributed by atoms with Crippen LogP contribution in [0.1, 0.15) is 31.6 Å². The van der Waals surface area contributed by atoms with Gasteiger partial charge in [-0.3, -0.25) is 0 Å². The summed E-state index contributed by atoms with van der Waals surface area (Å²) in [6, 6.07) is 7.65. The number of benzene rings is 1. The van der Waals surface area contributed by atoms with Crippen LogP contribution in [0.4, 0.5) is 0 Å². The van der Waals surface area contributed by atoms with Crippen LogP contribution in [0.15, 0.2) is 28.9 Å². The van der Waals surface area contributed by atoms with E-state index in [9.17, 15) is 5.11 Å². The normalized spacial score (nSPS) is 12.9. The summed E-state index contributed by atoms with van der Waals surface area (Å²) < 4.78 is 0.632. The van der Waals surface area contributed by atoms with Gasteiger partial charge in [-0.25, -0.2) is 9.97 Å². The molecule has 4 heteroatoms. The number of hydrogen-bond donors (Lipinski definition) is 1. The van der Waals surface area contributed by atoms with Gasteiger partial charge < -0.3 is 5.11 Å². The Kier molecular flexibility index (Phi) is 3.51. The van der Waals surface area contributed by atoms with Crippen molar-refractivity contribution in [2.45, 2.75) is 25.9 Å². The van der Waals surface area contributed by atoms with E-state index in [4.69, 9.17) is 0 Å². The lowest BCUT2D eigenvalue weighted by atomic mass is 10.1. The van der Waals surface area contributed by atoms with Crippen molar-refractivity contribution < 1.29 is 5.11 Å². The van der Waals surface area contributed by atoms with Crippen molar-refractivity contribution >= 4 is 27.0 Å². The summed E-state index contributed by atoms with van der Waals surface area (Å²) in [7, 11) is 0. The smallest absolute Gasteiger partial charge is 0.131 e. The van der Waals surface area contributed by atoms with E-state index in [1.165, 1.54) is 0 Å². The standard InChI is InChI=1S/C12H13BrN2O/c1-2-5-10(16)11-12(13)15-9-7-4-3-6-8(9)14-11/h3-4,6-7,10,16H,2,5H2,1H3/t10-/m1/s1. The molecule has 1 N–H and O–H groups in total. The zero-order valence-electron chi connectivity index (χ0n) is 9.02. The van der Waals surface area contributed by atoms with Gasteiger partial charge in [-0.1, -0.05) is 25.5 Å². The Morgan fingerprint density at radius 3 is 2.50 bits per heavy atom. The van der Waals surface area contributed by atoms with Gasteiger partial charge in [0.05, 0.1) is 17.1 Å². The number of aliphatic hydroxyl groups is 1. The molecule has 0 aliphatic heterocycles. The van der Waals surface area contributed by atoms with E-state index in [1.807, 2.05) is 31.2 Å².